The van der Waals surface area contributed by atoms with Gasteiger partial charge in [0.15, 0.2) is 0 Å². The summed E-state index contributed by atoms with van der Waals surface area (Å²) in [5.41, 5.74) is 6.57. The topological polar surface area (TPSA) is 29.3 Å². The standard InChI is InChI=1S/C11H14N2S/c1-13(2)7-10-6-8-5-9(12)3-4-11(8)14-10/h3-6H,7,12H2,1-2H3. The molecule has 2 aromatic rings. The minimum absolute atomic E-state index is 0.840. The zero-order valence-electron chi connectivity index (χ0n) is 8.45. The number of benzene rings is 1. The molecule has 0 saturated heterocycles. The first kappa shape index (κ1) is 9.49. The number of hydrogen-bond donors (Lipinski definition) is 1. The van der Waals surface area contributed by atoms with Crippen LogP contribution >= 0.6 is 11.3 Å². The average Bonchev–Trinajstić information content (AvgIpc) is 2.44. The molecule has 0 unspecified atom stereocenters. The minimum atomic E-state index is 0.840. The Morgan fingerprint density at radius 2 is 2.07 bits per heavy atom. The molecule has 14 heavy (non-hydrogen) atoms. The Kier molecular flexibility index (Phi) is 2.44. The summed E-state index contributed by atoms with van der Waals surface area (Å²) >= 11 is 1.84. The van der Waals surface area contributed by atoms with Crippen LogP contribution in [0.2, 0.25) is 0 Å². The van der Waals surface area contributed by atoms with Gasteiger partial charge in [0.25, 0.3) is 0 Å². The summed E-state index contributed by atoms with van der Waals surface area (Å²) in [4.78, 5) is 3.56. The highest BCUT2D eigenvalue weighted by atomic mass is 32.1. The number of hydrogen-bond acceptors (Lipinski definition) is 3. The SMILES string of the molecule is CN(C)Cc1cc2cc(N)ccc2s1. The molecule has 0 radical (unpaired) electrons. The second kappa shape index (κ2) is 3.59. The van der Waals surface area contributed by atoms with Crippen LogP contribution in [0.15, 0.2) is 24.3 Å². The lowest BCUT2D eigenvalue weighted by atomic mass is 10.2. The highest BCUT2D eigenvalue weighted by molar-refractivity contribution is 7.19. The van der Waals surface area contributed by atoms with Crippen molar-refractivity contribution in [2.75, 3.05) is 19.8 Å². The lowest BCUT2D eigenvalue weighted by molar-refractivity contribution is 0.406. The molecule has 1 aromatic heterocycles. The van der Waals surface area contributed by atoms with Crippen LogP contribution < -0.4 is 5.73 Å². The van der Waals surface area contributed by atoms with Crippen LogP contribution in [0.25, 0.3) is 10.1 Å². The Bertz CT molecular complexity index is 445. The number of thiophene rings is 1. The van der Waals surface area contributed by atoms with Crippen molar-refractivity contribution in [1.82, 2.24) is 4.90 Å². The van der Waals surface area contributed by atoms with Gasteiger partial charge in [-0.15, -0.1) is 11.3 Å². The first-order valence-electron chi connectivity index (χ1n) is 4.58. The Balaban J connectivity index is 2.41. The van der Waals surface area contributed by atoms with Crippen molar-refractivity contribution >= 4 is 27.1 Å². The van der Waals surface area contributed by atoms with Crippen LogP contribution in [0.4, 0.5) is 5.69 Å². The van der Waals surface area contributed by atoms with Gasteiger partial charge in [0.1, 0.15) is 0 Å². The van der Waals surface area contributed by atoms with Gasteiger partial charge in [0, 0.05) is 21.8 Å². The summed E-state index contributed by atoms with van der Waals surface area (Å²) in [5.74, 6) is 0. The molecule has 0 atom stereocenters. The Hall–Kier alpha value is -1.06. The summed E-state index contributed by atoms with van der Waals surface area (Å²) < 4.78 is 1.32. The quantitative estimate of drug-likeness (QED) is 0.765. The fourth-order valence-corrected chi connectivity index (χ4v) is 2.67. The molecule has 1 aromatic carbocycles. The van der Waals surface area contributed by atoms with Crippen LogP contribution in [0.5, 0.6) is 0 Å². The first-order valence-corrected chi connectivity index (χ1v) is 5.39. The van der Waals surface area contributed by atoms with E-state index in [4.69, 9.17) is 5.73 Å². The molecule has 2 N–H and O–H groups in total. The number of nitrogens with two attached hydrogens (primary N) is 1. The maximum atomic E-state index is 5.73. The molecule has 0 aliphatic carbocycles. The fourth-order valence-electron chi connectivity index (χ4n) is 1.51. The van der Waals surface area contributed by atoms with Crippen molar-refractivity contribution in [1.29, 1.82) is 0 Å². The lowest BCUT2D eigenvalue weighted by Crippen LogP contribution is -2.09. The van der Waals surface area contributed by atoms with Gasteiger partial charge in [0.05, 0.1) is 0 Å². The fraction of sp³-hybridized carbons (Fsp3) is 0.273. The summed E-state index contributed by atoms with van der Waals surface area (Å²) in [7, 11) is 4.16. The molecule has 0 bridgehead atoms. The van der Waals surface area contributed by atoms with Crippen LogP contribution in [-0.4, -0.2) is 19.0 Å². The molecule has 3 heteroatoms. The first-order chi connectivity index (χ1) is 6.65. The molecular weight excluding hydrogens is 192 g/mol. The number of nitrogen functional groups attached to an aromatic ring is 1. The molecular formula is C11H14N2S. The number of fused-ring (bicyclic) bond motifs is 1. The molecule has 2 nitrogen and oxygen atoms in total. The van der Waals surface area contributed by atoms with Gasteiger partial charge in [-0.25, -0.2) is 0 Å². The molecule has 1 heterocycles. The van der Waals surface area contributed by atoms with Gasteiger partial charge < -0.3 is 10.6 Å². The Morgan fingerprint density at radius 1 is 1.29 bits per heavy atom. The summed E-state index contributed by atoms with van der Waals surface area (Å²) in [5, 5.41) is 1.26. The predicted octanol–water partition coefficient (Wildman–Crippen LogP) is 2.55. The average molecular weight is 206 g/mol. The van der Waals surface area contributed by atoms with Crippen molar-refractivity contribution < 1.29 is 0 Å². The van der Waals surface area contributed by atoms with Gasteiger partial charge >= 0.3 is 0 Å². The third-order valence-corrected chi connectivity index (χ3v) is 3.16. The van der Waals surface area contributed by atoms with Crippen molar-refractivity contribution in [3.8, 4) is 0 Å². The Morgan fingerprint density at radius 3 is 2.79 bits per heavy atom. The highest BCUT2D eigenvalue weighted by Crippen LogP contribution is 2.27. The van der Waals surface area contributed by atoms with E-state index in [2.05, 4.69) is 31.1 Å². The summed E-state index contributed by atoms with van der Waals surface area (Å²) in [6.07, 6.45) is 0. The lowest BCUT2D eigenvalue weighted by Gasteiger charge is -2.05. The van der Waals surface area contributed by atoms with E-state index >= 15 is 0 Å². The van der Waals surface area contributed by atoms with E-state index in [0.717, 1.165) is 12.2 Å². The van der Waals surface area contributed by atoms with Crippen LogP contribution in [-0.2, 0) is 6.54 Å². The second-order valence-corrected chi connectivity index (χ2v) is 4.92. The highest BCUT2D eigenvalue weighted by Gasteiger charge is 2.02. The molecule has 0 saturated carbocycles. The van der Waals surface area contributed by atoms with E-state index < -0.39 is 0 Å². The van der Waals surface area contributed by atoms with Crippen LogP contribution in [0.3, 0.4) is 0 Å². The molecule has 2 rings (SSSR count). The number of anilines is 1. The molecule has 0 aliphatic heterocycles. The summed E-state index contributed by atoms with van der Waals surface area (Å²) in [6.45, 7) is 0.999. The minimum Gasteiger partial charge on any atom is -0.399 e. The molecule has 0 spiro atoms. The molecule has 0 aliphatic rings. The van der Waals surface area contributed by atoms with Gasteiger partial charge in [-0.3, -0.25) is 0 Å². The summed E-state index contributed by atoms with van der Waals surface area (Å²) in [6, 6.07) is 8.30. The van der Waals surface area contributed by atoms with Gasteiger partial charge in [-0.2, -0.15) is 0 Å². The van der Waals surface area contributed by atoms with E-state index in [-0.39, 0.29) is 0 Å². The monoisotopic (exact) mass is 206 g/mol. The van der Waals surface area contributed by atoms with E-state index in [1.165, 1.54) is 15.0 Å². The molecule has 0 amide bonds. The van der Waals surface area contributed by atoms with E-state index in [0.29, 0.717) is 0 Å². The number of nitrogens with zero attached hydrogens (tertiary/aromatic N) is 1. The van der Waals surface area contributed by atoms with Crippen LogP contribution in [0, 0.1) is 0 Å². The normalized spacial score (nSPS) is 11.4. The number of rotatable bonds is 2. The van der Waals surface area contributed by atoms with Crippen molar-refractivity contribution in [3.05, 3.63) is 29.1 Å². The van der Waals surface area contributed by atoms with Crippen LogP contribution in [0.1, 0.15) is 4.88 Å². The maximum absolute atomic E-state index is 5.73. The maximum Gasteiger partial charge on any atom is 0.0347 e. The van der Waals surface area contributed by atoms with Crippen molar-refractivity contribution in [2.45, 2.75) is 6.54 Å². The second-order valence-electron chi connectivity index (χ2n) is 3.75. The zero-order chi connectivity index (χ0) is 10.1. The zero-order valence-corrected chi connectivity index (χ0v) is 9.27. The van der Waals surface area contributed by atoms with Gasteiger partial charge in [0.2, 0.25) is 0 Å². The third-order valence-electron chi connectivity index (χ3n) is 2.06. The van der Waals surface area contributed by atoms with E-state index in [9.17, 15) is 0 Å². The van der Waals surface area contributed by atoms with Gasteiger partial charge in [-0.1, -0.05) is 0 Å². The predicted molar refractivity (Wildman–Crippen MR) is 63.6 cm³/mol. The van der Waals surface area contributed by atoms with E-state index in [1.807, 2.05) is 23.5 Å². The molecule has 74 valence electrons. The van der Waals surface area contributed by atoms with E-state index in [1.54, 1.807) is 0 Å². The molecule has 0 fully saturated rings. The third kappa shape index (κ3) is 1.89. The smallest absolute Gasteiger partial charge is 0.0347 e. The van der Waals surface area contributed by atoms with Crippen molar-refractivity contribution in [2.24, 2.45) is 0 Å². The van der Waals surface area contributed by atoms with Gasteiger partial charge in [-0.05, 0) is 43.7 Å². The van der Waals surface area contributed by atoms with Crippen molar-refractivity contribution in [3.63, 3.8) is 0 Å². The largest absolute Gasteiger partial charge is 0.399 e. The Labute approximate surface area is 87.9 Å².